The highest BCUT2D eigenvalue weighted by molar-refractivity contribution is 6.04. The Hall–Kier alpha value is -6.40. The summed E-state index contributed by atoms with van der Waals surface area (Å²) in [7, 11) is 5.72. The molecule has 18 heteroatoms. The number of carbonyl (C=O) groups is 6. The molecule has 10 N–H and O–H groups in total. The molecule has 2 aliphatic carbocycles. The molecule has 62 heavy (non-hydrogen) atoms. The average Bonchev–Trinajstić information content (AvgIpc) is 3.30. The van der Waals surface area contributed by atoms with Crippen molar-refractivity contribution in [2.75, 3.05) is 54.6 Å². The SMILES string of the molecule is COc1cc(OC)c(C(=O)NC2CCC(NC(=O)c3cccc(C(=O)NC4CCC(NC(=O)c5cc(C(=O)NCCN)c(OC)cc5OC)CC4)c3)CC2)cc1C(=O)NCCN. The van der Waals surface area contributed by atoms with Gasteiger partial charge in [0.1, 0.15) is 23.0 Å². The quantitative estimate of drug-likeness (QED) is 0.0914. The van der Waals surface area contributed by atoms with Gasteiger partial charge in [-0.1, -0.05) is 6.07 Å². The van der Waals surface area contributed by atoms with Crippen LogP contribution < -0.4 is 62.3 Å². The van der Waals surface area contributed by atoms with Crippen LogP contribution >= 0.6 is 0 Å². The lowest BCUT2D eigenvalue weighted by molar-refractivity contribution is 0.0885. The van der Waals surface area contributed by atoms with Gasteiger partial charge in [0.25, 0.3) is 35.4 Å². The molecule has 0 heterocycles. The molecular weight excluding hydrogens is 801 g/mol. The molecule has 6 amide bonds. The number of carbonyl (C=O) groups excluding carboxylic acids is 6. The van der Waals surface area contributed by atoms with Crippen LogP contribution in [0.15, 0.2) is 48.5 Å². The number of hydrogen-bond donors (Lipinski definition) is 8. The van der Waals surface area contributed by atoms with Crippen LogP contribution in [0.25, 0.3) is 0 Å². The highest BCUT2D eigenvalue weighted by atomic mass is 16.5. The Morgan fingerprint density at radius 3 is 1.03 bits per heavy atom. The zero-order valence-electron chi connectivity index (χ0n) is 35.7. The Bertz CT molecular complexity index is 1950. The predicted molar refractivity (Wildman–Crippen MR) is 230 cm³/mol. The average molecular weight is 859 g/mol. The number of ether oxygens (including phenoxy) is 4. The lowest BCUT2D eigenvalue weighted by atomic mass is 9.90. The van der Waals surface area contributed by atoms with Crippen LogP contribution in [0.2, 0.25) is 0 Å². The second-order valence-corrected chi connectivity index (χ2v) is 15.2. The topological polar surface area (TPSA) is 264 Å². The molecule has 3 aromatic carbocycles. The van der Waals surface area contributed by atoms with Crippen LogP contribution in [0.3, 0.4) is 0 Å². The van der Waals surface area contributed by atoms with E-state index in [0.29, 0.717) is 62.5 Å². The number of methoxy groups -OCH3 is 4. The van der Waals surface area contributed by atoms with Crippen molar-refractivity contribution in [1.29, 1.82) is 0 Å². The van der Waals surface area contributed by atoms with E-state index in [1.165, 1.54) is 52.7 Å². The molecule has 0 unspecified atom stereocenters. The Balaban J connectivity index is 1.09. The van der Waals surface area contributed by atoms with Crippen LogP contribution in [0.5, 0.6) is 23.0 Å². The number of hydrogen-bond acceptors (Lipinski definition) is 12. The second kappa shape index (κ2) is 22.4. The van der Waals surface area contributed by atoms with Crippen LogP contribution in [0, 0.1) is 0 Å². The summed E-state index contributed by atoms with van der Waals surface area (Å²) in [6.07, 6.45) is 4.91. The first-order valence-corrected chi connectivity index (χ1v) is 20.7. The number of benzene rings is 3. The maximum atomic E-state index is 13.4. The molecule has 2 aliphatic rings. The highest BCUT2D eigenvalue weighted by Crippen LogP contribution is 2.32. The maximum Gasteiger partial charge on any atom is 0.255 e. The van der Waals surface area contributed by atoms with Crippen molar-refractivity contribution < 1.29 is 47.7 Å². The van der Waals surface area contributed by atoms with Gasteiger partial charge in [0.15, 0.2) is 0 Å². The third-order valence-corrected chi connectivity index (χ3v) is 11.1. The summed E-state index contributed by atoms with van der Waals surface area (Å²) in [4.78, 5) is 79.0. The zero-order chi connectivity index (χ0) is 44.8. The molecule has 2 fully saturated rings. The first-order chi connectivity index (χ1) is 29.9. The lowest BCUT2D eigenvalue weighted by Crippen LogP contribution is -2.44. The fourth-order valence-corrected chi connectivity index (χ4v) is 7.70. The van der Waals surface area contributed by atoms with Gasteiger partial charge in [0.2, 0.25) is 0 Å². The largest absolute Gasteiger partial charge is 0.496 e. The van der Waals surface area contributed by atoms with Gasteiger partial charge in [-0.05, 0) is 81.7 Å². The molecule has 0 aromatic heterocycles. The molecule has 334 valence electrons. The minimum absolute atomic E-state index is 0.133. The van der Waals surface area contributed by atoms with Crippen LogP contribution in [-0.4, -0.2) is 114 Å². The second-order valence-electron chi connectivity index (χ2n) is 15.2. The van der Waals surface area contributed by atoms with Crippen molar-refractivity contribution in [3.8, 4) is 23.0 Å². The van der Waals surface area contributed by atoms with E-state index in [4.69, 9.17) is 30.4 Å². The van der Waals surface area contributed by atoms with Gasteiger partial charge in [-0.2, -0.15) is 0 Å². The fraction of sp³-hybridized carbons (Fsp3) is 0.455. The number of nitrogens with two attached hydrogens (primary N) is 2. The molecule has 2 saturated carbocycles. The first kappa shape index (κ1) is 46.7. The molecule has 18 nitrogen and oxygen atoms in total. The zero-order valence-corrected chi connectivity index (χ0v) is 35.7. The van der Waals surface area contributed by atoms with Crippen molar-refractivity contribution in [2.45, 2.75) is 75.5 Å². The Labute approximate surface area is 360 Å². The molecule has 0 spiro atoms. The summed E-state index contributed by atoms with van der Waals surface area (Å²) in [5.41, 5.74) is 12.5. The molecule has 0 saturated heterocycles. The van der Waals surface area contributed by atoms with Gasteiger partial charge in [0.05, 0.1) is 50.7 Å². The number of nitrogens with one attached hydrogen (secondary N) is 6. The van der Waals surface area contributed by atoms with Crippen molar-refractivity contribution >= 4 is 35.4 Å². The summed E-state index contributed by atoms with van der Waals surface area (Å²) < 4.78 is 21.6. The highest BCUT2D eigenvalue weighted by Gasteiger charge is 2.29. The van der Waals surface area contributed by atoms with Crippen molar-refractivity contribution in [1.82, 2.24) is 31.9 Å². The van der Waals surface area contributed by atoms with Gasteiger partial charge in [-0.15, -0.1) is 0 Å². The van der Waals surface area contributed by atoms with Crippen molar-refractivity contribution in [3.05, 3.63) is 81.9 Å². The van der Waals surface area contributed by atoms with E-state index in [-0.39, 0.29) is 107 Å². The maximum absolute atomic E-state index is 13.4. The summed E-state index contributed by atoms with van der Waals surface area (Å²) in [5, 5.41) is 17.6. The van der Waals surface area contributed by atoms with E-state index >= 15 is 0 Å². The predicted octanol–water partition coefficient (Wildman–Crippen LogP) is 2.04. The summed E-state index contributed by atoms with van der Waals surface area (Å²) in [6, 6.07) is 11.9. The molecule has 0 aliphatic heterocycles. The van der Waals surface area contributed by atoms with E-state index < -0.39 is 23.6 Å². The smallest absolute Gasteiger partial charge is 0.255 e. The van der Waals surface area contributed by atoms with E-state index in [2.05, 4.69) is 31.9 Å². The fourth-order valence-electron chi connectivity index (χ4n) is 7.70. The molecule has 0 radical (unpaired) electrons. The minimum atomic E-state index is -0.425. The van der Waals surface area contributed by atoms with Crippen LogP contribution in [-0.2, 0) is 0 Å². The van der Waals surface area contributed by atoms with Gasteiger partial charge in [-0.25, -0.2) is 0 Å². The molecular formula is C44H58N8O10. The Kier molecular flexibility index (Phi) is 16.9. The van der Waals surface area contributed by atoms with Gasteiger partial charge in [0, 0.05) is 73.6 Å². The standard InChI is InChI=1S/C44H58N8O10/c1-59-35-23-37(61-3)33(21-31(35)41(55)47-18-16-45)43(57)51-29-12-8-27(9-13-29)49-39(53)25-6-5-7-26(20-25)40(54)50-28-10-14-30(15-11-28)52-44(58)34-22-32(42(56)48-19-17-46)36(60-2)24-38(34)62-4/h5-7,20-24,27-30H,8-19,45-46H2,1-4H3,(H,47,55)(H,48,56)(H,49,53)(H,50,54)(H,51,57)(H,52,58). The number of rotatable bonds is 18. The van der Waals surface area contributed by atoms with E-state index in [1.54, 1.807) is 24.3 Å². The summed E-state index contributed by atoms with van der Waals surface area (Å²) in [5.74, 6) is -1.21. The Morgan fingerprint density at radius 1 is 0.452 bits per heavy atom. The molecule has 0 bridgehead atoms. The van der Waals surface area contributed by atoms with E-state index in [9.17, 15) is 28.8 Å². The molecule has 3 aromatic rings. The summed E-state index contributed by atoms with van der Waals surface area (Å²) in [6.45, 7) is 1.03. The first-order valence-electron chi connectivity index (χ1n) is 20.7. The van der Waals surface area contributed by atoms with E-state index in [1.807, 2.05) is 0 Å². The van der Waals surface area contributed by atoms with Gasteiger partial charge >= 0.3 is 0 Å². The Morgan fingerprint density at radius 2 is 0.742 bits per heavy atom. The van der Waals surface area contributed by atoms with Crippen molar-refractivity contribution in [2.24, 2.45) is 11.5 Å². The third kappa shape index (κ3) is 11.9. The number of amides is 6. The normalized spacial score (nSPS) is 18.3. The monoisotopic (exact) mass is 858 g/mol. The summed E-state index contributed by atoms with van der Waals surface area (Å²) >= 11 is 0. The molecule has 0 atom stereocenters. The van der Waals surface area contributed by atoms with Gasteiger partial charge < -0.3 is 62.3 Å². The van der Waals surface area contributed by atoms with E-state index in [0.717, 1.165) is 0 Å². The minimum Gasteiger partial charge on any atom is -0.496 e. The molecule has 5 rings (SSSR count). The van der Waals surface area contributed by atoms with Gasteiger partial charge in [-0.3, -0.25) is 28.8 Å². The lowest BCUT2D eigenvalue weighted by Gasteiger charge is -2.30. The third-order valence-electron chi connectivity index (χ3n) is 11.1. The van der Waals surface area contributed by atoms with Crippen molar-refractivity contribution in [3.63, 3.8) is 0 Å². The van der Waals surface area contributed by atoms with Crippen LogP contribution in [0.4, 0.5) is 0 Å². The van der Waals surface area contributed by atoms with Crippen LogP contribution in [0.1, 0.15) is 114 Å².